The van der Waals surface area contributed by atoms with Crippen LogP contribution in [0.1, 0.15) is 21.5 Å². The van der Waals surface area contributed by atoms with Gasteiger partial charge >= 0.3 is 0 Å². The van der Waals surface area contributed by atoms with Crippen LogP contribution in [0.3, 0.4) is 0 Å². The maximum atomic E-state index is 12.4. The Morgan fingerprint density at radius 3 is 2.38 bits per heavy atom. The summed E-state index contributed by atoms with van der Waals surface area (Å²) in [6, 6.07) is 14.2. The van der Waals surface area contributed by atoms with Crippen molar-refractivity contribution >= 4 is 21.6 Å². The van der Waals surface area contributed by atoms with Crippen molar-refractivity contribution < 1.29 is 17.9 Å². The average Bonchev–Trinajstić information content (AvgIpc) is 2.64. The zero-order valence-corrected chi connectivity index (χ0v) is 15.5. The van der Waals surface area contributed by atoms with Crippen LogP contribution in [0.2, 0.25) is 0 Å². The van der Waals surface area contributed by atoms with Gasteiger partial charge in [-0.25, -0.2) is 8.42 Å². The van der Waals surface area contributed by atoms with Crippen molar-refractivity contribution in [2.45, 2.75) is 12.7 Å². The number of benzene rings is 2. The molecule has 0 spiro atoms. The van der Waals surface area contributed by atoms with E-state index in [1.54, 1.807) is 24.3 Å². The number of amides is 1. The van der Waals surface area contributed by atoms with E-state index in [-0.39, 0.29) is 11.7 Å². The SMILES string of the molecule is Cc1ccccc1NC(=O)c1ccc(CS(=O)(=O)N2CCOCC2)cc1. The molecule has 2 aromatic rings. The number of hydrogen-bond donors (Lipinski definition) is 1. The Morgan fingerprint density at radius 1 is 1.08 bits per heavy atom. The van der Waals surface area contributed by atoms with E-state index in [4.69, 9.17) is 4.74 Å². The van der Waals surface area contributed by atoms with Gasteiger partial charge in [-0.1, -0.05) is 30.3 Å². The molecule has 7 heteroatoms. The zero-order valence-electron chi connectivity index (χ0n) is 14.6. The average molecular weight is 374 g/mol. The Bertz CT molecular complexity index is 873. The van der Waals surface area contributed by atoms with Gasteiger partial charge < -0.3 is 10.1 Å². The smallest absolute Gasteiger partial charge is 0.255 e. The van der Waals surface area contributed by atoms with Crippen molar-refractivity contribution in [1.82, 2.24) is 4.31 Å². The molecule has 1 aliphatic heterocycles. The minimum Gasteiger partial charge on any atom is -0.379 e. The Labute approximate surface area is 153 Å². The molecule has 0 aliphatic carbocycles. The van der Waals surface area contributed by atoms with Crippen molar-refractivity contribution in [2.75, 3.05) is 31.6 Å². The van der Waals surface area contributed by atoms with Crippen molar-refractivity contribution in [3.63, 3.8) is 0 Å². The van der Waals surface area contributed by atoms with E-state index in [2.05, 4.69) is 5.32 Å². The first-order chi connectivity index (χ1) is 12.5. The first-order valence-corrected chi connectivity index (χ1v) is 10.1. The fourth-order valence-corrected chi connectivity index (χ4v) is 4.29. The number of morpholine rings is 1. The molecule has 1 N–H and O–H groups in total. The second kappa shape index (κ2) is 7.99. The molecule has 1 amide bonds. The van der Waals surface area contributed by atoms with Gasteiger partial charge in [-0.05, 0) is 36.2 Å². The van der Waals surface area contributed by atoms with Gasteiger partial charge in [0.05, 0.1) is 19.0 Å². The molecule has 6 nitrogen and oxygen atoms in total. The third-order valence-corrected chi connectivity index (χ3v) is 6.17. The molecule has 1 heterocycles. The fraction of sp³-hybridized carbons (Fsp3) is 0.316. The van der Waals surface area contributed by atoms with Crippen LogP contribution in [0.4, 0.5) is 5.69 Å². The van der Waals surface area contributed by atoms with Gasteiger partial charge in [-0.15, -0.1) is 0 Å². The van der Waals surface area contributed by atoms with E-state index in [0.717, 1.165) is 11.3 Å². The summed E-state index contributed by atoms with van der Waals surface area (Å²) >= 11 is 0. The maximum Gasteiger partial charge on any atom is 0.255 e. The first kappa shape index (κ1) is 18.6. The number of rotatable bonds is 5. The molecule has 3 rings (SSSR count). The highest BCUT2D eigenvalue weighted by molar-refractivity contribution is 7.88. The highest BCUT2D eigenvalue weighted by Crippen LogP contribution is 2.17. The largest absolute Gasteiger partial charge is 0.379 e. The van der Waals surface area contributed by atoms with Crippen LogP contribution in [-0.2, 0) is 20.5 Å². The molecule has 0 atom stereocenters. The molecule has 0 aromatic heterocycles. The summed E-state index contributed by atoms with van der Waals surface area (Å²) in [5, 5.41) is 2.87. The van der Waals surface area contributed by atoms with Crippen LogP contribution in [0.15, 0.2) is 48.5 Å². The number of aryl methyl sites for hydroxylation is 1. The predicted octanol–water partition coefficient (Wildman–Crippen LogP) is 2.41. The van der Waals surface area contributed by atoms with E-state index in [1.165, 1.54) is 4.31 Å². The van der Waals surface area contributed by atoms with Gasteiger partial charge in [-0.3, -0.25) is 4.79 Å². The Hall–Kier alpha value is -2.22. The number of anilines is 1. The molecule has 0 unspecified atom stereocenters. The molecule has 138 valence electrons. The molecule has 26 heavy (non-hydrogen) atoms. The van der Waals surface area contributed by atoms with Gasteiger partial charge in [0.2, 0.25) is 10.0 Å². The topological polar surface area (TPSA) is 75.7 Å². The number of para-hydroxylation sites is 1. The molecule has 1 aliphatic rings. The van der Waals surface area contributed by atoms with Crippen molar-refractivity contribution in [2.24, 2.45) is 0 Å². The minimum atomic E-state index is -3.37. The number of nitrogens with one attached hydrogen (secondary N) is 1. The number of carbonyl (C=O) groups excluding carboxylic acids is 1. The third kappa shape index (κ3) is 4.49. The standard InChI is InChI=1S/C19H22N2O4S/c1-15-4-2-3-5-18(15)20-19(22)17-8-6-16(7-9-17)14-26(23,24)21-10-12-25-13-11-21/h2-9H,10-14H2,1H3,(H,20,22). The summed E-state index contributed by atoms with van der Waals surface area (Å²) in [7, 11) is -3.37. The molecule has 0 radical (unpaired) electrons. The summed E-state index contributed by atoms with van der Waals surface area (Å²) in [4.78, 5) is 12.4. The lowest BCUT2D eigenvalue weighted by molar-refractivity contribution is 0.0729. The molecule has 0 bridgehead atoms. The number of sulfonamides is 1. The fourth-order valence-electron chi connectivity index (χ4n) is 2.79. The molecular weight excluding hydrogens is 352 g/mol. The van der Waals surface area contributed by atoms with Crippen LogP contribution in [-0.4, -0.2) is 44.9 Å². The highest BCUT2D eigenvalue weighted by atomic mass is 32.2. The Kier molecular flexibility index (Phi) is 5.70. The summed E-state index contributed by atoms with van der Waals surface area (Å²) < 4.78 is 31.5. The highest BCUT2D eigenvalue weighted by Gasteiger charge is 2.24. The lowest BCUT2D eigenvalue weighted by atomic mass is 10.1. The second-order valence-corrected chi connectivity index (χ2v) is 8.20. The molecule has 0 saturated carbocycles. The third-order valence-electron chi connectivity index (χ3n) is 4.32. The minimum absolute atomic E-state index is 0.0767. The summed E-state index contributed by atoms with van der Waals surface area (Å²) in [5.74, 6) is -0.297. The molecule has 2 aromatic carbocycles. The van der Waals surface area contributed by atoms with Crippen molar-refractivity contribution in [1.29, 1.82) is 0 Å². The van der Waals surface area contributed by atoms with Crippen molar-refractivity contribution in [3.05, 3.63) is 65.2 Å². The van der Waals surface area contributed by atoms with Gasteiger partial charge in [0, 0.05) is 24.3 Å². The van der Waals surface area contributed by atoms with Gasteiger partial charge in [0.15, 0.2) is 0 Å². The lowest BCUT2D eigenvalue weighted by Gasteiger charge is -2.26. The van der Waals surface area contributed by atoms with Gasteiger partial charge in [0.25, 0.3) is 5.91 Å². The number of ether oxygens (including phenoxy) is 1. The second-order valence-electron chi connectivity index (χ2n) is 6.23. The van der Waals surface area contributed by atoms with Gasteiger partial charge in [0.1, 0.15) is 0 Å². The monoisotopic (exact) mass is 374 g/mol. The Morgan fingerprint density at radius 2 is 1.73 bits per heavy atom. The van der Waals surface area contributed by atoms with Crippen LogP contribution < -0.4 is 5.32 Å². The van der Waals surface area contributed by atoms with Crippen LogP contribution in [0, 0.1) is 6.92 Å². The number of nitrogens with zero attached hydrogens (tertiary/aromatic N) is 1. The zero-order chi connectivity index (χ0) is 18.6. The number of carbonyl (C=O) groups is 1. The van der Waals surface area contributed by atoms with Gasteiger partial charge in [-0.2, -0.15) is 4.31 Å². The summed E-state index contributed by atoms with van der Waals surface area (Å²) in [5.41, 5.74) is 2.88. The Balaban J connectivity index is 1.66. The van der Waals surface area contributed by atoms with E-state index in [0.29, 0.717) is 37.4 Å². The van der Waals surface area contributed by atoms with Crippen LogP contribution in [0.25, 0.3) is 0 Å². The normalized spacial score (nSPS) is 15.6. The quantitative estimate of drug-likeness (QED) is 0.872. The van der Waals surface area contributed by atoms with E-state index in [1.807, 2.05) is 31.2 Å². The summed E-state index contributed by atoms with van der Waals surface area (Å²) in [6.07, 6.45) is 0. The molecule has 1 fully saturated rings. The van der Waals surface area contributed by atoms with E-state index in [9.17, 15) is 13.2 Å². The van der Waals surface area contributed by atoms with E-state index < -0.39 is 10.0 Å². The van der Waals surface area contributed by atoms with Crippen LogP contribution in [0.5, 0.6) is 0 Å². The van der Waals surface area contributed by atoms with Crippen LogP contribution >= 0.6 is 0 Å². The maximum absolute atomic E-state index is 12.4. The predicted molar refractivity (Wildman–Crippen MR) is 101 cm³/mol. The van der Waals surface area contributed by atoms with Crippen molar-refractivity contribution in [3.8, 4) is 0 Å². The molecule has 1 saturated heterocycles. The van der Waals surface area contributed by atoms with E-state index >= 15 is 0 Å². The first-order valence-electron chi connectivity index (χ1n) is 8.47. The summed E-state index contributed by atoms with van der Waals surface area (Å²) in [6.45, 7) is 3.56. The number of hydrogen-bond acceptors (Lipinski definition) is 4. The molecular formula is C19H22N2O4S. The lowest BCUT2D eigenvalue weighted by Crippen LogP contribution is -2.41.